The van der Waals surface area contributed by atoms with Crippen LogP contribution in [0.1, 0.15) is 43.4 Å². The lowest BCUT2D eigenvalue weighted by atomic mass is 10.0. The Morgan fingerprint density at radius 1 is 1.00 bits per heavy atom. The van der Waals surface area contributed by atoms with Crippen molar-refractivity contribution in [1.29, 1.82) is 0 Å². The molecule has 0 aromatic carbocycles. The van der Waals surface area contributed by atoms with Crippen molar-refractivity contribution in [2.24, 2.45) is 0 Å². The molecule has 0 aliphatic carbocycles. The van der Waals surface area contributed by atoms with Gasteiger partial charge in [0.2, 0.25) is 5.91 Å². The Morgan fingerprint density at radius 2 is 1.65 bits per heavy atom. The van der Waals surface area contributed by atoms with Gasteiger partial charge in [-0.1, -0.05) is 12.8 Å². The molecule has 1 aromatic heterocycles. The highest BCUT2D eigenvalue weighted by molar-refractivity contribution is 7.91. The van der Waals surface area contributed by atoms with Crippen LogP contribution in [0.4, 0.5) is 0 Å². The maximum absolute atomic E-state index is 12.8. The summed E-state index contributed by atoms with van der Waals surface area (Å²) < 4.78 is 51.9. The van der Waals surface area contributed by atoms with Crippen LogP contribution in [0.5, 0.6) is 0 Å². The molecule has 1 amide bonds. The number of amides is 1. The van der Waals surface area contributed by atoms with Gasteiger partial charge in [-0.05, 0) is 50.9 Å². The van der Waals surface area contributed by atoms with E-state index in [0.29, 0.717) is 18.0 Å². The van der Waals surface area contributed by atoms with Gasteiger partial charge in [-0.2, -0.15) is 4.31 Å². The van der Waals surface area contributed by atoms with E-state index < -0.39 is 25.9 Å². The van der Waals surface area contributed by atoms with Crippen molar-refractivity contribution < 1.29 is 21.6 Å². The van der Waals surface area contributed by atoms with Crippen molar-refractivity contribution in [3.63, 3.8) is 0 Å². The summed E-state index contributed by atoms with van der Waals surface area (Å²) in [4.78, 5) is 15.6. The summed E-state index contributed by atoms with van der Waals surface area (Å²) in [6, 6.07) is 2.68. The first-order valence-electron chi connectivity index (χ1n) is 11.1. The van der Waals surface area contributed by atoms with Crippen LogP contribution in [0.3, 0.4) is 0 Å². The standard InChI is InChI=1S/C20H31N3O5S3/c24-19(21-17-14-30(25,26)15-18(17)22-9-3-1-4-10-22)13-16-7-8-20(29-16)31(27,28)23-11-5-2-6-12-23/h7-8,17-18H,1-6,9-15H2,(H,21,24). The molecule has 1 N–H and O–H groups in total. The first kappa shape index (κ1) is 23.2. The number of hydrogen-bond acceptors (Lipinski definition) is 7. The number of sulfonamides is 1. The maximum atomic E-state index is 12.8. The lowest BCUT2D eigenvalue weighted by Gasteiger charge is -2.35. The second-order valence-corrected chi connectivity index (χ2v) is 14.3. The van der Waals surface area contributed by atoms with Gasteiger partial charge in [-0.3, -0.25) is 9.69 Å². The third-order valence-corrected chi connectivity index (χ3v) is 11.6. The van der Waals surface area contributed by atoms with Crippen LogP contribution in [0.25, 0.3) is 0 Å². The number of rotatable bonds is 6. The number of hydrogen-bond donors (Lipinski definition) is 1. The summed E-state index contributed by atoms with van der Waals surface area (Å²) in [6.07, 6.45) is 6.14. The third kappa shape index (κ3) is 5.50. The summed E-state index contributed by atoms with van der Waals surface area (Å²) in [7, 11) is -6.68. The summed E-state index contributed by atoms with van der Waals surface area (Å²) in [6.45, 7) is 2.83. The molecule has 3 saturated heterocycles. The highest BCUT2D eigenvalue weighted by atomic mass is 32.2. The molecular weight excluding hydrogens is 458 g/mol. The number of nitrogens with one attached hydrogen (secondary N) is 1. The highest BCUT2D eigenvalue weighted by Gasteiger charge is 2.42. The maximum Gasteiger partial charge on any atom is 0.252 e. The van der Waals surface area contributed by atoms with Crippen molar-refractivity contribution in [1.82, 2.24) is 14.5 Å². The predicted molar refractivity (Wildman–Crippen MR) is 120 cm³/mol. The minimum absolute atomic E-state index is 0.0288. The van der Waals surface area contributed by atoms with E-state index in [1.165, 1.54) is 4.31 Å². The van der Waals surface area contributed by atoms with Crippen LogP contribution in [0.2, 0.25) is 0 Å². The lowest BCUT2D eigenvalue weighted by Crippen LogP contribution is -2.52. The van der Waals surface area contributed by atoms with E-state index >= 15 is 0 Å². The number of carbonyl (C=O) groups is 1. The van der Waals surface area contributed by atoms with E-state index in [0.717, 1.165) is 63.0 Å². The average Bonchev–Trinajstić information content (AvgIpc) is 3.33. The van der Waals surface area contributed by atoms with Gasteiger partial charge >= 0.3 is 0 Å². The quantitative estimate of drug-likeness (QED) is 0.645. The number of nitrogens with zero attached hydrogens (tertiary/aromatic N) is 2. The number of likely N-dealkylation sites (tertiary alicyclic amines) is 1. The van der Waals surface area contributed by atoms with Crippen LogP contribution in [-0.2, 0) is 31.1 Å². The molecule has 3 aliphatic heterocycles. The Kier molecular flexibility index (Phi) is 7.07. The second-order valence-electron chi connectivity index (χ2n) is 8.78. The van der Waals surface area contributed by atoms with Crippen molar-refractivity contribution in [2.75, 3.05) is 37.7 Å². The number of thiophene rings is 1. The van der Waals surface area contributed by atoms with Gasteiger partial charge in [0.15, 0.2) is 9.84 Å². The Morgan fingerprint density at radius 3 is 2.32 bits per heavy atom. The molecule has 1 aromatic rings. The fourth-order valence-corrected chi connectivity index (χ4v) is 9.80. The highest BCUT2D eigenvalue weighted by Crippen LogP contribution is 2.28. The monoisotopic (exact) mass is 489 g/mol. The van der Waals surface area contributed by atoms with E-state index in [1.54, 1.807) is 12.1 Å². The fraction of sp³-hybridized carbons (Fsp3) is 0.750. The minimum Gasteiger partial charge on any atom is -0.350 e. The zero-order chi connectivity index (χ0) is 22.1. The molecule has 3 aliphatic rings. The number of piperidine rings is 2. The lowest BCUT2D eigenvalue weighted by molar-refractivity contribution is -0.121. The summed E-state index contributed by atoms with van der Waals surface area (Å²) in [5, 5.41) is 2.93. The molecule has 4 rings (SSSR count). The normalized spacial score (nSPS) is 27.9. The van der Waals surface area contributed by atoms with Gasteiger partial charge in [0.1, 0.15) is 4.21 Å². The Balaban J connectivity index is 1.39. The van der Waals surface area contributed by atoms with Crippen molar-refractivity contribution in [3.8, 4) is 0 Å². The van der Waals surface area contributed by atoms with E-state index in [-0.39, 0.29) is 34.1 Å². The van der Waals surface area contributed by atoms with Crippen molar-refractivity contribution in [2.45, 2.75) is 61.2 Å². The average molecular weight is 490 g/mol. The van der Waals surface area contributed by atoms with Crippen molar-refractivity contribution in [3.05, 3.63) is 17.0 Å². The topological polar surface area (TPSA) is 104 Å². The van der Waals surface area contributed by atoms with Gasteiger partial charge in [-0.15, -0.1) is 11.3 Å². The van der Waals surface area contributed by atoms with Gasteiger partial charge in [0.05, 0.1) is 24.0 Å². The zero-order valence-electron chi connectivity index (χ0n) is 17.7. The molecule has 3 fully saturated rings. The summed E-state index contributed by atoms with van der Waals surface area (Å²) in [5.74, 6) is -0.193. The van der Waals surface area contributed by atoms with Gasteiger partial charge in [0.25, 0.3) is 10.0 Å². The summed E-state index contributed by atoms with van der Waals surface area (Å²) >= 11 is 1.13. The molecule has 31 heavy (non-hydrogen) atoms. The molecule has 174 valence electrons. The molecular formula is C20H31N3O5S3. The Labute approximate surface area is 189 Å². The van der Waals surface area contributed by atoms with E-state index in [4.69, 9.17) is 0 Å². The van der Waals surface area contributed by atoms with Gasteiger partial charge < -0.3 is 5.32 Å². The van der Waals surface area contributed by atoms with Gasteiger partial charge in [-0.25, -0.2) is 16.8 Å². The Bertz CT molecular complexity index is 993. The zero-order valence-corrected chi connectivity index (χ0v) is 20.1. The smallest absolute Gasteiger partial charge is 0.252 e. The third-order valence-electron chi connectivity index (χ3n) is 6.41. The summed E-state index contributed by atoms with van der Waals surface area (Å²) in [5.41, 5.74) is 0. The molecule has 2 unspecified atom stereocenters. The van der Waals surface area contributed by atoms with Crippen LogP contribution in [0.15, 0.2) is 16.3 Å². The number of sulfone groups is 1. The van der Waals surface area contributed by atoms with Crippen molar-refractivity contribution >= 4 is 37.1 Å². The fourth-order valence-electron chi connectivity index (χ4n) is 4.82. The minimum atomic E-state index is -3.50. The van der Waals surface area contributed by atoms with Crippen LogP contribution in [-0.4, -0.2) is 81.7 Å². The molecule has 2 atom stereocenters. The molecule has 11 heteroatoms. The predicted octanol–water partition coefficient (Wildman–Crippen LogP) is 1.23. The first-order chi connectivity index (χ1) is 14.7. The molecule has 0 saturated carbocycles. The largest absolute Gasteiger partial charge is 0.350 e. The SMILES string of the molecule is O=C(Cc1ccc(S(=O)(=O)N2CCCCC2)s1)NC1CS(=O)(=O)CC1N1CCCCC1. The molecule has 0 bridgehead atoms. The Hall–Kier alpha value is -1.01. The molecule has 0 spiro atoms. The number of carbonyl (C=O) groups excluding carboxylic acids is 1. The molecule has 4 heterocycles. The van der Waals surface area contributed by atoms with Crippen LogP contribution < -0.4 is 5.32 Å². The molecule has 8 nitrogen and oxygen atoms in total. The van der Waals surface area contributed by atoms with E-state index in [1.807, 2.05) is 0 Å². The van der Waals surface area contributed by atoms with Crippen LogP contribution in [0, 0.1) is 0 Å². The first-order valence-corrected chi connectivity index (χ1v) is 15.2. The van der Waals surface area contributed by atoms with E-state index in [9.17, 15) is 21.6 Å². The van der Waals surface area contributed by atoms with Crippen LogP contribution >= 0.6 is 11.3 Å². The van der Waals surface area contributed by atoms with Gasteiger partial charge in [0, 0.05) is 24.0 Å². The van der Waals surface area contributed by atoms with E-state index in [2.05, 4.69) is 10.2 Å². The second kappa shape index (κ2) is 9.46. The molecule has 0 radical (unpaired) electrons.